The molecular weight excluding hydrogens is 254 g/mol. The fourth-order valence-corrected chi connectivity index (χ4v) is 1.81. The summed E-state index contributed by atoms with van der Waals surface area (Å²) in [6.45, 7) is 0.440. The van der Waals surface area contributed by atoms with E-state index < -0.39 is 0 Å². The summed E-state index contributed by atoms with van der Waals surface area (Å²) in [6, 6.07) is 15.2. The maximum Gasteiger partial charge on any atom is 0.204 e. The third-order valence-electron chi connectivity index (χ3n) is 2.74. The van der Waals surface area contributed by atoms with Crippen LogP contribution in [0.4, 0.5) is 5.82 Å². The molecule has 0 saturated heterocycles. The van der Waals surface area contributed by atoms with Crippen molar-refractivity contribution in [3.05, 3.63) is 54.2 Å². The van der Waals surface area contributed by atoms with E-state index in [0.29, 0.717) is 18.2 Å². The smallest absolute Gasteiger partial charge is 0.204 e. The van der Waals surface area contributed by atoms with E-state index in [0.717, 1.165) is 11.3 Å². The topological polar surface area (TPSA) is 94.5 Å². The molecule has 100 valence electrons. The van der Waals surface area contributed by atoms with E-state index >= 15 is 0 Å². The van der Waals surface area contributed by atoms with Crippen LogP contribution in [-0.4, -0.2) is 25.2 Å². The van der Waals surface area contributed by atoms with Crippen LogP contribution < -0.4 is 11.3 Å². The Morgan fingerprint density at radius 2 is 1.90 bits per heavy atom. The molecule has 0 aliphatic carbocycles. The molecule has 0 radical (unpaired) electrons. The van der Waals surface area contributed by atoms with Crippen molar-refractivity contribution in [2.24, 2.45) is 5.84 Å². The lowest BCUT2D eigenvalue weighted by Crippen LogP contribution is -2.11. The fourth-order valence-electron chi connectivity index (χ4n) is 1.81. The van der Waals surface area contributed by atoms with Gasteiger partial charge < -0.3 is 5.43 Å². The zero-order chi connectivity index (χ0) is 13.8. The number of hydrogen-bond acceptors (Lipinski definition) is 6. The number of benzene rings is 1. The molecule has 1 aromatic carbocycles. The maximum atomic E-state index is 5.33. The molecule has 3 aromatic rings. The SMILES string of the molecule is NNc1cccc(Cn2nnc(-c3ccccc3)n2)n1. The molecule has 3 rings (SSSR count). The molecule has 0 bridgehead atoms. The molecule has 20 heavy (non-hydrogen) atoms. The van der Waals surface area contributed by atoms with Gasteiger partial charge >= 0.3 is 0 Å². The number of anilines is 1. The number of hydrazine groups is 1. The van der Waals surface area contributed by atoms with Crippen LogP contribution >= 0.6 is 0 Å². The summed E-state index contributed by atoms with van der Waals surface area (Å²) in [5.74, 6) is 6.53. The Labute approximate surface area is 115 Å². The van der Waals surface area contributed by atoms with Crippen molar-refractivity contribution in [3.8, 4) is 11.4 Å². The van der Waals surface area contributed by atoms with Gasteiger partial charge in [-0.15, -0.1) is 10.2 Å². The van der Waals surface area contributed by atoms with Crippen LogP contribution in [0.1, 0.15) is 5.69 Å². The summed E-state index contributed by atoms with van der Waals surface area (Å²) >= 11 is 0. The summed E-state index contributed by atoms with van der Waals surface area (Å²) in [5.41, 5.74) is 4.24. The first kappa shape index (κ1) is 12.2. The lowest BCUT2D eigenvalue weighted by atomic mass is 10.2. The van der Waals surface area contributed by atoms with Crippen molar-refractivity contribution in [2.45, 2.75) is 6.54 Å². The first-order chi connectivity index (χ1) is 9.85. The van der Waals surface area contributed by atoms with Crippen LogP contribution in [0.25, 0.3) is 11.4 Å². The molecular formula is C13H13N7. The lowest BCUT2D eigenvalue weighted by molar-refractivity contribution is 0.565. The van der Waals surface area contributed by atoms with E-state index in [-0.39, 0.29) is 0 Å². The summed E-state index contributed by atoms with van der Waals surface area (Å²) < 4.78 is 0. The molecule has 0 unspecified atom stereocenters. The number of nitrogens with zero attached hydrogens (tertiary/aromatic N) is 5. The third-order valence-corrected chi connectivity index (χ3v) is 2.74. The second kappa shape index (κ2) is 5.45. The molecule has 3 N–H and O–H groups in total. The van der Waals surface area contributed by atoms with Gasteiger partial charge in [-0.1, -0.05) is 36.4 Å². The lowest BCUT2D eigenvalue weighted by Gasteiger charge is -2.02. The summed E-state index contributed by atoms with van der Waals surface area (Å²) in [5, 5.41) is 12.4. The summed E-state index contributed by atoms with van der Waals surface area (Å²) in [7, 11) is 0. The third kappa shape index (κ3) is 2.62. The predicted octanol–water partition coefficient (Wildman–Crippen LogP) is 1.07. The zero-order valence-corrected chi connectivity index (χ0v) is 10.6. The van der Waals surface area contributed by atoms with Crippen molar-refractivity contribution < 1.29 is 0 Å². The first-order valence-electron chi connectivity index (χ1n) is 6.11. The molecule has 0 aliphatic heterocycles. The van der Waals surface area contributed by atoms with Gasteiger partial charge in [0.2, 0.25) is 5.82 Å². The number of nitrogen functional groups attached to an aromatic ring is 1. The van der Waals surface area contributed by atoms with Crippen molar-refractivity contribution in [1.82, 2.24) is 25.2 Å². The molecule has 2 heterocycles. The second-order valence-electron chi connectivity index (χ2n) is 4.17. The maximum absolute atomic E-state index is 5.33. The highest BCUT2D eigenvalue weighted by Crippen LogP contribution is 2.12. The molecule has 0 fully saturated rings. The average molecular weight is 267 g/mol. The number of nitrogens with one attached hydrogen (secondary N) is 1. The Morgan fingerprint density at radius 3 is 2.70 bits per heavy atom. The van der Waals surface area contributed by atoms with E-state index in [4.69, 9.17) is 5.84 Å². The van der Waals surface area contributed by atoms with Gasteiger partial charge in [0.25, 0.3) is 0 Å². The minimum absolute atomic E-state index is 0.440. The van der Waals surface area contributed by atoms with Gasteiger partial charge in [-0.05, 0) is 17.3 Å². The quantitative estimate of drug-likeness (QED) is 0.542. The molecule has 0 aliphatic rings. The Balaban J connectivity index is 1.80. The van der Waals surface area contributed by atoms with E-state index in [1.807, 2.05) is 42.5 Å². The van der Waals surface area contributed by atoms with Gasteiger partial charge in [0.05, 0.1) is 5.69 Å². The normalized spacial score (nSPS) is 10.4. The molecule has 0 spiro atoms. The minimum Gasteiger partial charge on any atom is -0.308 e. The molecule has 0 atom stereocenters. The van der Waals surface area contributed by atoms with Crippen molar-refractivity contribution in [3.63, 3.8) is 0 Å². The van der Waals surface area contributed by atoms with Crippen LogP contribution in [-0.2, 0) is 6.54 Å². The van der Waals surface area contributed by atoms with Gasteiger partial charge in [-0.2, -0.15) is 4.80 Å². The molecule has 0 amide bonds. The number of nitrogens with two attached hydrogens (primary N) is 1. The van der Waals surface area contributed by atoms with Crippen molar-refractivity contribution >= 4 is 5.82 Å². The first-order valence-corrected chi connectivity index (χ1v) is 6.11. The van der Waals surface area contributed by atoms with Crippen molar-refractivity contribution in [2.75, 3.05) is 5.43 Å². The van der Waals surface area contributed by atoms with Crippen LogP contribution in [0.15, 0.2) is 48.5 Å². The zero-order valence-electron chi connectivity index (χ0n) is 10.6. The number of aromatic nitrogens is 5. The average Bonchev–Trinajstić information content (AvgIpc) is 2.97. The number of hydrogen-bond donors (Lipinski definition) is 2. The Morgan fingerprint density at radius 1 is 1.05 bits per heavy atom. The van der Waals surface area contributed by atoms with Gasteiger partial charge in [0.15, 0.2) is 0 Å². The monoisotopic (exact) mass is 267 g/mol. The van der Waals surface area contributed by atoms with E-state index in [1.165, 1.54) is 4.80 Å². The predicted molar refractivity (Wildman–Crippen MR) is 74.4 cm³/mol. The van der Waals surface area contributed by atoms with Crippen LogP contribution in [0.3, 0.4) is 0 Å². The Bertz CT molecular complexity index is 693. The molecule has 2 aromatic heterocycles. The van der Waals surface area contributed by atoms with Gasteiger partial charge in [-0.3, -0.25) is 0 Å². The van der Waals surface area contributed by atoms with Crippen molar-refractivity contribution in [1.29, 1.82) is 0 Å². The second-order valence-corrected chi connectivity index (χ2v) is 4.17. The molecule has 7 heteroatoms. The summed E-state index contributed by atoms with van der Waals surface area (Å²) in [4.78, 5) is 5.81. The number of rotatable bonds is 4. The number of tetrazole rings is 1. The highest BCUT2D eigenvalue weighted by atomic mass is 15.6. The van der Waals surface area contributed by atoms with Gasteiger partial charge in [0.1, 0.15) is 12.4 Å². The Kier molecular flexibility index (Phi) is 3.34. The molecule has 7 nitrogen and oxygen atoms in total. The number of pyridine rings is 1. The van der Waals surface area contributed by atoms with Crippen LogP contribution in [0.2, 0.25) is 0 Å². The summed E-state index contributed by atoms with van der Waals surface area (Å²) in [6.07, 6.45) is 0. The van der Waals surface area contributed by atoms with Crippen LogP contribution in [0, 0.1) is 0 Å². The largest absolute Gasteiger partial charge is 0.308 e. The Hall–Kier alpha value is -2.80. The van der Waals surface area contributed by atoms with Gasteiger partial charge in [-0.25, -0.2) is 10.8 Å². The van der Waals surface area contributed by atoms with Gasteiger partial charge in [0, 0.05) is 5.56 Å². The highest BCUT2D eigenvalue weighted by molar-refractivity contribution is 5.52. The highest BCUT2D eigenvalue weighted by Gasteiger charge is 2.06. The van der Waals surface area contributed by atoms with E-state index in [2.05, 4.69) is 25.8 Å². The van der Waals surface area contributed by atoms with E-state index in [1.54, 1.807) is 6.07 Å². The van der Waals surface area contributed by atoms with E-state index in [9.17, 15) is 0 Å². The standard InChI is InChI=1S/C13H13N7/c14-16-12-8-4-7-11(15-12)9-20-18-13(17-19-20)10-5-2-1-3-6-10/h1-8H,9,14H2,(H,15,16). The minimum atomic E-state index is 0.440. The fraction of sp³-hybridized carbons (Fsp3) is 0.0769. The molecule has 0 saturated carbocycles. The van der Waals surface area contributed by atoms with Crippen LogP contribution in [0.5, 0.6) is 0 Å².